The van der Waals surface area contributed by atoms with Gasteiger partial charge in [-0.15, -0.1) is 15.3 Å². The van der Waals surface area contributed by atoms with Gasteiger partial charge < -0.3 is 0 Å². The van der Waals surface area contributed by atoms with Gasteiger partial charge in [0.1, 0.15) is 0 Å². The van der Waals surface area contributed by atoms with Gasteiger partial charge in [0.25, 0.3) is 0 Å². The summed E-state index contributed by atoms with van der Waals surface area (Å²) < 4.78 is 0. The van der Waals surface area contributed by atoms with Crippen LogP contribution in [-0.2, 0) is 0 Å². The summed E-state index contributed by atoms with van der Waals surface area (Å²) in [5.41, 5.74) is 0.804. The first kappa shape index (κ1) is 8.50. The van der Waals surface area contributed by atoms with E-state index in [1.165, 1.54) is 0 Å². The Morgan fingerprint density at radius 3 is 2.43 bits per heavy atom. The van der Waals surface area contributed by atoms with Crippen molar-refractivity contribution >= 4 is 11.5 Å². The fourth-order valence-corrected chi connectivity index (χ4v) is 0.950. The van der Waals surface area contributed by atoms with Gasteiger partial charge in [0.2, 0.25) is 0 Å². The summed E-state index contributed by atoms with van der Waals surface area (Å²) in [6.07, 6.45) is 1.60. The van der Waals surface area contributed by atoms with Gasteiger partial charge in [-0.3, -0.25) is 0 Å². The smallest absolute Gasteiger partial charge is 0.157 e. The molecule has 68 valence electrons. The Morgan fingerprint density at radius 1 is 0.857 bits per heavy atom. The molecule has 4 heteroatoms. The van der Waals surface area contributed by atoms with Crippen molar-refractivity contribution in [1.82, 2.24) is 10.2 Å². The van der Waals surface area contributed by atoms with Crippen LogP contribution < -0.4 is 0 Å². The van der Waals surface area contributed by atoms with E-state index in [9.17, 15) is 0 Å². The third-order valence-corrected chi connectivity index (χ3v) is 1.58. The minimum Gasteiger partial charge on any atom is -0.157 e. The highest BCUT2D eigenvalue weighted by molar-refractivity contribution is 5.36. The molecule has 14 heavy (non-hydrogen) atoms. The van der Waals surface area contributed by atoms with Gasteiger partial charge in [-0.2, -0.15) is 5.10 Å². The van der Waals surface area contributed by atoms with Crippen LogP contribution in [-0.4, -0.2) is 10.2 Å². The van der Waals surface area contributed by atoms with Crippen molar-refractivity contribution < 1.29 is 0 Å². The number of nitrogens with zero attached hydrogens (tertiary/aromatic N) is 4. The maximum Gasteiger partial charge on any atom is 0.196 e. The summed E-state index contributed by atoms with van der Waals surface area (Å²) in [6, 6.07) is 13.0. The van der Waals surface area contributed by atoms with Crippen molar-refractivity contribution in [3.05, 3.63) is 48.7 Å². The summed E-state index contributed by atoms with van der Waals surface area (Å²) in [7, 11) is 0. The summed E-state index contributed by atoms with van der Waals surface area (Å²) >= 11 is 0. The summed E-state index contributed by atoms with van der Waals surface area (Å²) in [6.45, 7) is 0. The fraction of sp³-hybridized carbons (Fsp3) is 0. The van der Waals surface area contributed by atoms with E-state index >= 15 is 0 Å². The molecule has 0 atom stereocenters. The molecule has 0 amide bonds. The van der Waals surface area contributed by atoms with Crippen LogP contribution in [0.4, 0.5) is 11.5 Å². The van der Waals surface area contributed by atoms with Crippen LogP contribution in [0.15, 0.2) is 58.9 Å². The molecule has 0 saturated heterocycles. The Labute approximate surface area is 81.3 Å². The number of benzene rings is 1. The van der Waals surface area contributed by atoms with Gasteiger partial charge >= 0.3 is 0 Å². The van der Waals surface area contributed by atoms with E-state index in [2.05, 4.69) is 20.4 Å². The topological polar surface area (TPSA) is 50.5 Å². The standard InChI is InChI=1S/C10H8N4/c1-2-5-9(6-3-1)12-14-10-7-4-8-11-13-10/h1-8H. The van der Waals surface area contributed by atoms with Crippen molar-refractivity contribution in [2.75, 3.05) is 0 Å². The fourth-order valence-electron chi connectivity index (χ4n) is 0.950. The number of rotatable bonds is 2. The normalized spacial score (nSPS) is 10.6. The molecule has 0 bridgehead atoms. The molecular formula is C10H8N4. The molecule has 2 aromatic rings. The Bertz CT molecular complexity index is 369. The third kappa shape index (κ3) is 2.20. The molecule has 0 unspecified atom stereocenters. The van der Waals surface area contributed by atoms with Crippen LogP contribution in [0.1, 0.15) is 0 Å². The molecule has 0 aliphatic rings. The highest BCUT2D eigenvalue weighted by atomic mass is 15.2. The van der Waals surface area contributed by atoms with E-state index in [0.717, 1.165) is 5.69 Å². The third-order valence-electron chi connectivity index (χ3n) is 1.58. The quantitative estimate of drug-likeness (QED) is 0.674. The average molecular weight is 184 g/mol. The average Bonchev–Trinajstić information content (AvgIpc) is 2.29. The predicted molar refractivity (Wildman–Crippen MR) is 52.7 cm³/mol. The zero-order valence-corrected chi connectivity index (χ0v) is 7.41. The first-order chi connectivity index (χ1) is 6.95. The van der Waals surface area contributed by atoms with Crippen LogP contribution >= 0.6 is 0 Å². The highest BCUT2D eigenvalue weighted by Crippen LogP contribution is 2.14. The molecular weight excluding hydrogens is 176 g/mol. The van der Waals surface area contributed by atoms with Crippen molar-refractivity contribution in [1.29, 1.82) is 0 Å². The van der Waals surface area contributed by atoms with E-state index in [0.29, 0.717) is 5.82 Å². The van der Waals surface area contributed by atoms with Crippen molar-refractivity contribution in [2.45, 2.75) is 0 Å². The Balaban J connectivity index is 2.16. The van der Waals surface area contributed by atoms with Gasteiger partial charge in [0.05, 0.1) is 5.69 Å². The maximum atomic E-state index is 4.00. The molecule has 0 aliphatic heterocycles. The number of aromatic nitrogens is 2. The number of azo groups is 1. The van der Waals surface area contributed by atoms with Gasteiger partial charge in [-0.25, -0.2) is 0 Å². The molecule has 0 aliphatic carbocycles. The molecule has 0 radical (unpaired) electrons. The van der Waals surface area contributed by atoms with E-state index in [-0.39, 0.29) is 0 Å². The molecule has 1 aromatic carbocycles. The van der Waals surface area contributed by atoms with Crippen molar-refractivity contribution in [3.8, 4) is 0 Å². The number of hydrogen-bond donors (Lipinski definition) is 0. The minimum absolute atomic E-state index is 0.511. The second-order valence-corrected chi connectivity index (χ2v) is 2.62. The van der Waals surface area contributed by atoms with E-state index in [1.54, 1.807) is 18.3 Å². The van der Waals surface area contributed by atoms with Gasteiger partial charge in [0.15, 0.2) is 5.82 Å². The van der Waals surface area contributed by atoms with E-state index < -0.39 is 0 Å². The van der Waals surface area contributed by atoms with Crippen LogP contribution in [0.25, 0.3) is 0 Å². The molecule has 0 saturated carbocycles. The lowest BCUT2D eigenvalue weighted by Crippen LogP contribution is -1.75. The molecule has 0 spiro atoms. The Hall–Kier alpha value is -2.10. The molecule has 4 nitrogen and oxygen atoms in total. The Kier molecular flexibility index (Phi) is 2.56. The monoisotopic (exact) mass is 184 g/mol. The zero-order chi connectivity index (χ0) is 9.64. The van der Waals surface area contributed by atoms with Crippen molar-refractivity contribution in [2.24, 2.45) is 10.2 Å². The number of hydrogen-bond acceptors (Lipinski definition) is 4. The van der Waals surface area contributed by atoms with Crippen LogP contribution in [0.2, 0.25) is 0 Å². The predicted octanol–water partition coefficient (Wildman–Crippen LogP) is 2.89. The molecule has 1 heterocycles. The first-order valence-electron chi connectivity index (χ1n) is 4.20. The first-order valence-corrected chi connectivity index (χ1v) is 4.20. The molecule has 2 rings (SSSR count). The van der Waals surface area contributed by atoms with Gasteiger partial charge in [-0.1, -0.05) is 18.2 Å². The van der Waals surface area contributed by atoms with Crippen LogP contribution in [0.5, 0.6) is 0 Å². The maximum absolute atomic E-state index is 4.00. The van der Waals surface area contributed by atoms with Gasteiger partial charge in [-0.05, 0) is 24.3 Å². The minimum atomic E-state index is 0.511. The van der Waals surface area contributed by atoms with Crippen LogP contribution in [0.3, 0.4) is 0 Å². The van der Waals surface area contributed by atoms with E-state index in [4.69, 9.17) is 0 Å². The van der Waals surface area contributed by atoms with Crippen LogP contribution in [0, 0.1) is 0 Å². The Morgan fingerprint density at radius 2 is 1.71 bits per heavy atom. The second-order valence-electron chi connectivity index (χ2n) is 2.62. The molecule has 0 N–H and O–H groups in total. The highest BCUT2D eigenvalue weighted by Gasteiger charge is 1.88. The lowest BCUT2D eigenvalue weighted by molar-refractivity contribution is 0.999. The van der Waals surface area contributed by atoms with Crippen molar-refractivity contribution in [3.63, 3.8) is 0 Å². The zero-order valence-electron chi connectivity index (χ0n) is 7.41. The lowest BCUT2D eigenvalue weighted by atomic mass is 10.3. The molecule has 0 fully saturated rings. The largest absolute Gasteiger partial charge is 0.196 e. The summed E-state index contributed by atoms with van der Waals surface area (Å²) in [5.74, 6) is 0.511. The van der Waals surface area contributed by atoms with E-state index in [1.807, 2.05) is 30.3 Å². The van der Waals surface area contributed by atoms with Gasteiger partial charge in [0, 0.05) is 6.20 Å². The SMILES string of the molecule is c1ccc(N=Nc2cccnn2)cc1. The summed E-state index contributed by atoms with van der Waals surface area (Å²) in [4.78, 5) is 0. The lowest BCUT2D eigenvalue weighted by Gasteiger charge is -1.89. The summed E-state index contributed by atoms with van der Waals surface area (Å²) in [5, 5.41) is 15.4. The molecule has 1 aromatic heterocycles. The second kappa shape index (κ2) is 4.23.